The highest BCUT2D eigenvalue weighted by atomic mass is 16.1. The molecule has 3 aromatic rings. The molecule has 0 aliphatic heterocycles. The molecule has 1 N–H and O–H groups in total. The molecule has 120 valence electrons. The van der Waals surface area contributed by atoms with Gasteiger partial charge in [-0.2, -0.15) is 10.2 Å². The van der Waals surface area contributed by atoms with Gasteiger partial charge in [0.05, 0.1) is 11.7 Å². The van der Waals surface area contributed by atoms with E-state index in [4.69, 9.17) is 0 Å². The Hall–Kier alpha value is -2.63. The Morgan fingerprint density at radius 2 is 2.17 bits per heavy atom. The van der Waals surface area contributed by atoms with Crippen molar-refractivity contribution in [1.82, 2.24) is 24.9 Å². The molecule has 3 rings (SSSR count). The second kappa shape index (κ2) is 6.64. The van der Waals surface area contributed by atoms with Gasteiger partial charge in [0.25, 0.3) is 5.91 Å². The SMILES string of the molecule is CCn1ccc(C(=O)NCCCn2ncc3ccc(C)cc32)n1. The van der Waals surface area contributed by atoms with E-state index in [1.54, 1.807) is 10.7 Å². The number of hydrogen-bond donors (Lipinski definition) is 1. The average molecular weight is 311 g/mol. The molecule has 0 aliphatic carbocycles. The molecule has 6 nitrogen and oxygen atoms in total. The smallest absolute Gasteiger partial charge is 0.271 e. The zero-order valence-corrected chi connectivity index (χ0v) is 13.5. The summed E-state index contributed by atoms with van der Waals surface area (Å²) in [7, 11) is 0. The topological polar surface area (TPSA) is 64.7 Å². The molecule has 0 bridgehead atoms. The van der Waals surface area contributed by atoms with E-state index in [-0.39, 0.29) is 5.91 Å². The van der Waals surface area contributed by atoms with E-state index in [1.165, 1.54) is 5.56 Å². The van der Waals surface area contributed by atoms with Crippen molar-refractivity contribution in [2.75, 3.05) is 6.54 Å². The average Bonchev–Trinajstić information content (AvgIpc) is 3.18. The number of carbonyl (C=O) groups is 1. The van der Waals surface area contributed by atoms with E-state index in [2.05, 4.69) is 40.6 Å². The van der Waals surface area contributed by atoms with Crippen molar-refractivity contribution in [3.8, 4) is 0 Å². The molecule has 0 saturated heterocycles. The van der Waals surface area contributed by atoms with Gasteiger partial charge in [-0.1, -0.05) is 12.1 Å². The monoisotopic (exact) mass is 311 g/mol. The van der Waals surface area contributed by atoms with Crippen LogP contribution in [0.15, 0.2) is 36.7 Å². The van der Waals surface area contributed by atoms with Gasteiger partial charge in [-0.15, -0.1) is 0 Å². The Morgan fingerprint density at radius 3 is 2.96 bits per heavy atom. The Kier molecular flexibility index (Phi) is 4.41. The van der Waals surface area contributed by atoms with Gasteiger partial charge < -0.3 is 5.32 Å². The van der Waals surface area contributed by atoms with Gasteiger partial charge in [0.15, 0.2) is 0 Å². The zero-order chi connectivity index (χ0) is 16.2. The van der Waals surface area contributed by atoms with Gasteiger partial charge in [0.1, 0.15) is 5.69 Å². The number of nitrogens with one attached hydrogen (secondary N) is 1. The zero-order valence-electron chi connectivity index (χ0n) is 13.5. The Bertz CT molecular complexity index is 817. The lowest BCUT2D eigenvalue weighted by molar-refractivity contribution is 0.0947. The van der Waals surface area contributed by atoms with Crippen LogP contribution < -0.4 is 5.32 Å². The highest BCUT2D eigenvalue weighted by molar-refractivity contribution is 5.92. The molecule has 0 spiro atoms. The minimum atomic E-state index is -0.127. The molecule has 0 atom stereocenters. The molecule has 0 unspecified atom stereocenters. The maximum absolute atomic E-state index is 12.0. The van der Waals surface area contributed by atoms with Gasteiger partial charge >= 0.3 is 0 Å². The molecule has 2 heterocycles. The van der Waals surface area contributed by atoms with E-state index in [1.807, 2.05) is 24.0 Å². The fraction of sp³-hybridized carbons (Fsp3) is 0.353. The number of amides is 1. The standard InChI is InChI=1S/C17H21N5O/c1-3-21-10-7-15(20-21)17(23)18-8-4-9-22-16-11-13(2)5-6-14(16)12-19-22/h5-7,10-12H,3-4,8-9H2,1-2H3,(H,18,23). The summed E-state index contributed by atoms with van der Waals surface area (Å²) in [5, 5.41) is 12.7. The van der Waals surface area contributed by atoms with Crippen molar-refractivity contribution < 1.29 is 4.79 Å². The van der Waals surface area contributed by atoms with Crippen molar-refractivity contribution in [2.45, 2.75) is 33.4 Å². The number of fused-ring (bicyclic) bond motifs is 1. The second-order valence-electron chi connectivity index (χ2n) is 5.60. The third-order valence-electron chi connectivity index (χ3n) is 3.83. The van der Waals surface area contributed by atoms with Crippen LogP contribution in [0.4, 0.5) is 0 Å². The fourth-order valence-corrected chi connectivity index (χ4v) is 2.54. The minimum Gasteiger partial charge on any atom is -0.351 e. The van der Waals surface area contributed by atoms with Crippen LogP contribution in [0.2, 0.25) is 0 Å². The van der Waals surface area contributed by atoms with E-state index in [0.717, 1.165) is 30.4 Å². The maximum atomic E-state index is 12.0. The molecular formula is C17H21N5O. The summed E-state index contributed by atoms with van der Waals surface area (Å²) < 4.78 is 3.73. The summed E-state index contributed by atoms with van der Waals surface area (Å²) in [4.78, 5) is 12.0. The number of nitrogens with zero attached hydrogens (tertiary/aromatic N) is 4. The number of rotatable bonds is 6. The Morgan fingerprint density at radius 1 is 1.30 bits per heavy atom. The number of hydrogen-bond acceptors (Lipinski definition) is 3. The first-order chi connectivity index (χ1) is 11.2. The third kappa shape index (κ3) is 3.41. The van der Waals surface area contributed by atoms with Gasteiger partial charge in [-0.25, -0.2) is 0 Å². The molecule has 6 heteroatoms. The summed E-state index contributed by atoms with van der Waals surface area (Å²) in [6.45, 7) is 6.21. The highest BCUT2D eigenvalue weighted by Crippen LogP contribution is 2.15. The summed E-state index contributed by atoms with van der Waals surface area (Å²) in [5.41, 5.74) is 2.82. The van der Waals surface area contributed by atoms with E-state index < -0.39 is 0 Å². The molecule has 0 fully saturated rings. The van der Waals surface area contributed by atoms with Crippen molar-refractivity contribution in [2.24, 2.45) is 0 Å². The lowest BCUT2D eigenvalue weighted by Gasteiger charge is -2.05. The van der Waals surface area contributed by atoms with Crippen LogP contribution in [0.25, 0.3) is 10.9 Å². The predicted octanol–water partition coefficient (Wildman–Crippen LogP) is 2.38. The summed E-state index contributed by atoms with van der Waals surface area (Å²) >= 11 is 0. The first kappa shape index (κ1) is 15.3. The molecule has 0 radical (unpaired) electrons. The first-order valence-electron chi connectivity index (χ1n) is 7.91. The van der Waals surface area contributed by atoms with Gasteiger partial charge in [0.2, 0.25) is 0 Å². The van der Waals surface area contributed by atoms with Crippen LogP contribution in [0.1, 0.15) is 29.4 Å². The predicted molar refractivity (Wildman–Crippen MR) is 89.3 cm³/mol. The number of aromatic nitrogens is 4. The second-order valence-corrected chi connectivity index (χ2v) is 5.60. The minimum absolute atomic E-state index is 0.127. The molecular weight excluding hydrogens is 290 g/mol. The third-order valence-corrected chi connectivity index (χ3v) is 3.83. The molecule has 0 aliphatic rings. The first-order valence-corrected chi connectivity index (χ1v) is 7.91. The van der Waals surface area contributed by atoms with Gasteiger partial charge in [-0.3, -0.25) is 14.2 Å². The lowest BCUT2D eigenvalue weighted by atomic mass is 10.2. The van der Waals surface area contributed by atoms with Crippen LogP contribution >= 0.6 is 0 Å². The lowest BCUT2D eigenvalue weighted by Crippen LogP contribution is -2.26. The van der Waals surface area contributed by atoms with E-state index in [0.29, 0.717) is 12.2 Å². The quantitative estimate of drug-likeness (QED) is 0.711. The van der Waals surface area contributed by atoms with Crippen LogP contribution in [0.3, 0.4) is 0 Å². The number of aryl methyl sites for hydroxylation is 3. The summed E-state index contributed by atoms with van der Waals surface area (Å²) in [6.07, 6.45) is 4.52. The number of carbonyl (C=O) groups excluding carboxylic acids is 1. The molecule has 23 heavy (non-hydrogen) atoms. The van der Waals surface area contributed by atoms with Crippen LogP contribution in [0, 0.1) is 6.92 Å². The van der Waals surface area contributed by atoms with Crippen LogP contribution in [-0.4, -0.2) is 32.0 Å². The highest BCUT2D eigenvalue weighted by Gasteiger charge is 2.08. The van der Waals surface area contributed by atoms with Crippen molar-refractivity contribution in [3.05, 3.63) is 47.9 Å². The maximum Gasteiger partial charge on any atom is 0.271 e. The Balaban J connectivity index is 1.52. The van der Waals surface area contributed by atoms with Crippen molar-refractivity contribution in [3.63, 3.8) is 0 Å². The molecule has 1 aromatic carbocycles. The van der Waals surface area contributed by atoms with E-state index >= 15 is 0 Å². The molecule has 1 amide bonds. The molecule has 0 saturated carbocycles. The summed E-state index contributed by atoms with van der Waals surface area (Å²) in [5.74, 6) is -0.127. The Labute approximate surface area is 135 Å². The summed E-state index contributed by atoms with van der Waals surface area (Å²) in [6, 6.07) is 8.05. The van der Waals surface area contributed by atoms with Crippen molar-refractivity contribution >= 4 is 16.8 Å². The van der Waals surface area contributed by atoms with Gasteiger partial charge in [0, 0.05) is 31.2 Å². The normalized spacial score (nSPS) is 11.0. The van der Waals surface area contributed by atoms with Gasteiger partial charge in [-0.05, 0) is 38.0 Å². The molecule has 2 aromatic heterocycles. The van der Waals surface area contributed by atoms with Crippen LogP contribution in [0.5, 0.6) is 0 Å². The number of benzene rings is 1. The fourth-order valence-electron chi connectivity index (χ4n) is 2.54. The van der Waals surface area contributed by atoms with Crippen LogP contribution in [-0.2, 0) is 13.1 Å². The van der Waals surface area contributed by atoms with Crippen molar-refractivity contribution in [1.29, 1.82) is 0 Å². The largest absolute Gasteiger partial charge is 0.351 e. The van der Waals surface area contributed by atoms with E-state index in [9.17, 15) is 4.79 Å².